The lowest BCUT2D eigenvalue weighted by atomic mass is 10.00. The first kappa shape index (κ1) is 21.3. The zero-order valence-electron chi connectivity index (χ0n) is 17.0. The maximum Gasteiger partial charge on any atom is 0.333 e. The molecule has 3 rings (SSSR count). The first-order chi connectivity index (χ1) is 14.5. The molecule has 0 bridgehead atoms. The van der Waals surface area contributed by atoms with Crippen molar-refractivity contribution in [2.75, 3.05) is 13.7 Å². The van der Waals surface area contributed by atoms with Gasteiger partial charge < -0.3 is 19.9 Å². The van der Waals surface area contributed by atoms with E-state index in [1.54, 1.807) is 24.3 Å². The monoisotopic (exact) mass is 407 g/mol. The zero-order chi connectivity index (χ0) is 21.5. The van der Waals surface area contributed by atoms with Crippen LogP contribution in [0, 0.1) is 0 Å². The van der Waals surface area contributed by atoms with Crippen LogP contribution in [0.25, 0.3) is 10.8 Å². The number of aliphatic carboxylic acids is 1. The zero-order valence-corrected chi connectivity index (χ0v) is 17.0. The number of carboxylic acid groups (broad SMARTS) is 1. The van der Waals surface area contributed by atoms with Gasteiger partial charge >= 0.3 is 5.97 Å². The van der Waals surface area contributed by atoms with Crippen LogP contribution in [0.4, 0.5) is 0 Å². The number of ether oxygens (including phenoxy) is 2. The smallest absolute Gasteiger partial charge is 0.333 e. The predicted molar refractivity (Wildman–Crippen MR) is 115 cm³/mol. The summed E-state index contributed by atoms with van der Waals surface area (Å²) in [5.74, 6) is -0.685. The van der Waals surface area contributed by atoms with Crippen LogP contribution in [0.3, 0.4) is 0 Å². The van der Waals surface area contributed by atoms with E-state index in [0.29, 0.717) is 5.75 Å². The standard InChI is InChI=1S/C24H25NO5/c1-16(20-9-5-7-18-6-3-4-8-21(18)20)25-23(26)15-30-19-12-10-17(11-13-19)14-22(29-2)24(27)28/h3-13,16,22H,14-15H2,1-2H3,(H,25,26)(H,27,28)/t16-,22?/m0/s1. The van der Waals surface area contributed by atoms with Crippen LogP contribution < -0.4 is 10.1 Å². The van der Waals surface area contributed by atoms with Crippen molar-refractivity contribution in [1.82, 2.24) is 5.32 Å². The average molecular weight is 407 g/mol. The molecule has 3 aromatic carbocycles. The lowest BCUT2D eigenvalue weighted by molar-refractivity contribution is -0.148. The van der Waals surface area contributed by atoms with Gasteiger partial charge in [0.1, 0.15) is 5.75 Å². The largest absolute Gasteiger partial charge is 0.484 e. The maximum absolute atomic E-state index is 12.3. The number of benzene rings is 3. The molecular formula is C24H25NO5. The summed E-state index contributed by atoms with van der Waals surface area (Å²) in [7, 11) is 1.37. The normalized spacial score (nSPS) is 12.9. The van der Waals surface area contributed by atoms with Crippen LogP contribution in [0.15, 0.2) is 66.7 Å². The fourth-order valence-corrected chi connectivity index (χ4v) is 3.35. The second-order valence-corrected chi connectivity index (χ2v) is 7.06. The number of hydrogen-bond acceptors (Lipinski definition) is 4. The summed E-state index contributed by atoms with van der Waals surface area (Å²) in [6.45, 7) is 1.84. The summed E-state index contributed by atoms with van der Waals surface area (Å²) in [6, 6.07) is 20.9. The molecule has 0 spiro atoms. The van der Waals surface area contributed by atoms with Crippen LogP contribution in [0.2, 0.25) is 0 Å². The Morgan fingerprint density at radius 3 is 2.40 bits per heavy atom. The van der Waals surface area contributed by atoms with Gasteiger partial charge in [0.15, 0.2) is 12.7 Å². The van der Waals surface area contributed by atoms with Gasteiger partial charge in [0.05, 0.1) is 6.04 Å². The van der Waals surface area contributed by atoms with Gasteiger partial charge in [0, 0.05) is 13.5 Å². The molecule has 1 amide bonds. The minimum absolute atomic E-state index is 0.107. The summed E-state index contributed by atoms with van der Waals surface area (Å²) >= 11 is 0. The molecule has 0 aliphatic heterocycles. The predicted octanol–water partition coefficient (Wildman–Crippen LogP) is 3.74. The number of carbonyl (C=O) groups is 2. The topological polar surface area (TPSA) is 84.9 Å². The highest BCUT2D eigenvalue weighted by molar-refractivity contribution is 5.87. The van der Waals surface area contributed by atoms with E-state index in [1.807, 2.05) is 49.4 Å². The lowest BCUT2D eigenvalue weighted by Gasteiger charge is -2.17. The van der Waals surface area contributed by atoms with Gasteiger partial charge in [-0.2, -0.15) is 0 Å². The van der Waals surface area contributed by atoms with Gasteiger partial charge in [-0.25, -0.2) is 4.79 Å². The second kappa shape index (κ2) is 9.89. The lowest BCUT2D eigenvalue weighted by Crippen LogP contribution is -2.31. The van der Waals surface area contributed by atoms with Crippen molar-refractivity contribution in [1.29, 1.82) is 0 Å². The number of rotatable bonds is 9. The van der Waals surface area contributed by atoms with Crippen molar-refractivity contribution < 1.29 is 24.2 Å². The molecule has 0 saturated heterocycles. The Kier molecular flexibility index (Phi) is 7.03. The van der Waals surface area contributed by atoms with E-state index >= 15 is 0 Å². The molecule has 0 saturated carbocycles. The number of carbonyl (C=O) groups excluding carboxylic acids is 1. The second-order valence-electron chi connectivity index (χ2n) is 7.06. The first-order valence-corrected chi connectivity index (χ1v) is 9.72. The van der Waals surface area contributed by atoms with E-state index < -0.39 is 12.1 Å². The number of amides is 1. The number of methoxy groups -OCH3 is 1. The van der Waals surface area contributed by atoms with Crippen molar-refractivity contribution in [3.8, 4) is 5.75 Å². The molecule has 0 fully saturated rings. The molecule has 3 aromatic rings. The first-order valence-electron chi connectivity index (χ1n) is 9.72. The SMILES string of the molecule is COC(Cc1ccc(OCC(=O)N[C@@H](C)c2cccc3ccccc23)cc1)C(=O)O. The van der Waals surface area contributed by atoms with Gasteiger partial charge in [-0.05, 0) is 41.0 Å². The Labute approximate surface area is 175 Å². The highest BCUT2D eigenvalue weighted by Gasteiger charge is 2.17. The number of hydrogen-bond donors (Lipinski definition) is 2. The fraction of sp³-hybridized carbons (Fsp3) is 0.250. The van der Waals surface area contributed by atoms with Crippen LogP contribution in [-0.2, 0) is 20.7 Å². The third-order valence-corrected chi connectivity index (χ3v) is 4.94. The fourth-order valence-electron chi connectivity index (χ4n) is 3.35. The van der Waals surface area contributed by atoms with E-state index in [9.17, 15) is 9.59 Å². The number of carboxylic acids is 1. The van der Waals surface area contributed by atoms with Gasteiger partial charge in [-0.3, -0.25) is 4.79 Å². The van der Waals surface area contributed by atoms with Gasteiger partial charge in [-0.1, -0.05) is 54.6 Å². The highest BCUT2D eigenvalue weighted by Crippen LogP contribution is 2.24. The molecule has 1 unspecified atom stereocenters. The Balaban J connectivity index is 1.54. The minimum Gasteiger partial charge on any atom is -0.484 e. The molecule has 30 heavy (non-hydrogen) atoms. The Morgan fingerprint density at radius 1 is 1.00 bits per heavy atom. The van der Waals surface area contributed by atoms with Gasteiger partial charge in [0.2, 0.25) is 0 Å². The van der Waals surface area contributed by atoms with Crippen molar-refractivity contribution >= 4 is 22.6 Å². The van der Waals surface area contributed by atoms with Gasteiger partial charge in [0.25, 0.3) is 5.91 Å². The number of nitrogens with one attached hydrogen (secondary N) is 1. The molecular weight excluding hydrogens is 382 g/mol. The summed E-state index contributed by atoms with van der Waals surface area (Å²) in [5.41, 5.74) is 1.86. The van der Waals surface area contributed by atoms with Crippen LogP contribution in [-0.4, -0.2) is 36.8 Å². The molecule has 6 heteroatoms. The van der Waals surface area contributed by atoms with Crippen molar-refractivity contribution in [3.63, 3.8) is 0 Å². The molecule has 6 nitrogen and oxygen atoms in total. The Hall–Kier alpha value is -3.38. The summed E-state index contributed by atoms with van der Waals surface area (Å²) < 4.78 is 10.5. The summed E-state index contributed by atoms with van der Waals surface area (Å²) in [5, 5.41) is 14.3. The minimum atomic E-state index is -1.00. The Morgan fingerprint density at radius 2 is 1.70 bits per heavy atom. The average Bonchev–Trinajstić information content (AvgIpc) is 2.76. The molecule has 2 atom stereocenters. The molecule has 0 aromatic heterocycles. The van der Waals surface area contributed by atoms with Crippen LogP contribution in [0.5, 0.6) is 5.75 Å². The van der Waals surface area contributed by atoms with Crippen molar-refractivity contribution in [3.05, 3.63) is 77.9 Å². The van der Waals surface area contributed by atoms with E-state index in [-0.39, 0.29) is 25.0 Å². The van der Waals surface area contributed by atoms with Crippen molar-refractivity contribution in [2.24, 2.45) is 0 Å². The van der Waals surface area contributed by atoms with E-state index in [4.69, 9.17) is 14.6 Å². The van der Waals surface area contributed by atoms with E-state index in [1.165, 1.54) is 7.11 Å². The Bertz CT molecular complexity index is 1010. The molecule has 0 radical (unpaired) electrons. The third-order valence-electron chi connectivity index (χ3n) is 4.94. The summed E-state index contributed by atoms with van der Waals surface area (Å²) in [4.78, 5) is 23.4. The van der Waals surface area contributed by atoms with Gasteiger partial charge in [-0.15, -0.1) is 0 Å². The maximum atomic E-state index is 12.3. The van der Waals surface area contributed by atoms with Crippen LogP contribution >= 0.6 is 0 Å². The number of fused-ring (bicyclic) bond motifs is 1. The van der Waals surface area contributed by atoms with E-state index in [2.05, 4.69) is 5.32 Å². The quantitative estimate of drug-likeness (QED) is 0.564. The highest BCUT2D eigenvalue weighted by atomic mass is 16.5. The van der Waals surface area contributed by atoms with Crippen molar-refractivity contribution in [2.45, 2.75) is 25.5 Å². The molecule has 0 aliphatic carbocycles. The molecule has 2 N–H and O–H groups in total. The molecule has 156 valence electrons. The third kappa shape index (κ3) is 5.36. The van der Waals surface area contributed by atoms with E-state index in [0.717, 1.165) is 21.9 Å². The molecule has 0 heterocycles. The summed E-state index contributed by atoms with van der Waals surface area (Å²) in [6.07, 6.45) is -0.632. The van der Waals surface area contributed by atoms with Crippen LogP contribution in [0.1, 0.15) is 24.1 Å². The molecule has 0 aliphatic rings.